The predicted octanol–water partition coefficient (Wildman–Crippen LogP) is 1.41. The monoisotopic (exact) mass is 235 g/mol. The topological polar surface area (TPSA) is 38.1 Å². The van der Waals surface area contributed by atoms with Gasteiger partial charge in [0.05, 0.1) is 12.2 Å². The van der Waals surface area contributed by atoms with Crippen LogP contribution < -0.4 is 0 Å². The van der Waals surface area contributed by atoms with E-state index in [-0.39, 0.29) is 6.04 Å². The van der Waals surface area contributed by atoms with Crippen LogP contribution in [-0.4, -0.2) is 39.6 Å². The number of piperidine rings is 1. The van der Waals surface area contributed by atoms with Gasteiger partial charge in [-0.25, -0.2) is 0 Å². The third kappa shape index (κ3) is 3.16. The highest BCUT2D eigenvalue weighted by molar-refractivity contribution is 5.81. The van der Waals surface area contributed by atoms with Crippen LogP contribution in [0, 0.1) is 0 Å². The molecular weight excluding hydrogens is 214 g/mol. The first-order valence-corrected chi connectivity index (χ1v) is 6.39. The Kier molecular flexibility index (Phi) is 3.94. The van der Waals surface area contributed by atoms with E-state index in [0.717, 1.165) is 25.9 Å². The molecule has 0 spiro atoms. The summed E-state index contributed by atoms with van der Waals surface area (Å²) in [6.45, 7) is 3.74. The second-order valence-corrected chi connectivity index (χ2v) is 4.93. The maximum Gasteiger partial charge on any atom is 0.146 e. The number of rotatable bonds is 4. The first kappa shape index (κ1) is 12.3. The fraction of sp³-hybridized carbons (Fsp3) is 0.692. The SMILES string of the molecule is CC(=O)C1CCCCN1CCc1cnn(C)c1. The molecule has 1 saturated heterocycles. The maximum atomic E-state index is 11.6. The summed E-state index contributed by atoms with van der Waals surface area (Å²) in [5, 5.41) is 4.17. The highest BCUT2D eigenvalue weighted by Crippen LogP contribution is 2.18. The van der Waals surface area contributed by atoms with E-state index in [2.05, 4.69) is 10.00 Å². The Morgan fingerprint density at radius 1 is 1.53 bits per heavy atom. The molecule has 1 fully saturated rings. The summed E-state index contributed by atoms with van der Waals surface area (Å²) in [6, 6.07) is 0.153. The van der Waals surface area contributed by atoms with Crippen molar-refractivity contribution >= 4 is 5.78 Å². The van der Waals surface area contributed by atoms with Gasteiger partial charge < -0.3 is 0 Å². The predicted molar refractivity (Wildman–Crippen MR) is 66.8 cm³/mol. The Balaban J connectivity index is 1.90. The van der Waals surface area contributed by atoms with E-state index in [0.29, 0.717) is 5.78 Å². The van der Waals surface area contributed by atoms with E-state index in [1.807, 2.05) is 24.1 Å². The molecule has 0 aliphatic carbocycles. The van der Waals surface area contributed by atoms with Crippen molar-refractivity contribution in [3.63, 3.8) is 0 Å². The smallest absolute Gasteiger partial charge is 0.146 e. The molecular formula is C13H21N3O. The molecule has 0 N–H and O–H groups in total. The van der Waals surface area contributed by atoms with Crippen molar-refractivity contribution in [2.75, 3.05) is 13.1 Å². The number of hydrogen-bond acceptors (Lipinski definition) is 3. The van der Waals surface area contributed by atoms with E-state index in [1.54, 1.807) is 6.92 Å². The summed E-state index contributed by atoms with van der Waals surface area (Å²) in [5.74, 6) is 0.316. The minimum absolute atomic E-state index is 0.153. The van der Waals surface area contributed by atoms with Crippen molar-refractivity contribution < 1.29 is 4.79 Å². The Morgan fingerprint density at radius 2 is 2.35 bits per heavy atom. The minimum atomic E-state index is 0.153. The molecule has 2 heterocycles. The summed E-state index contributed by atoms with van der Waals surface area (Å²) in [4.78, 5) is 13.9. The van der Waals surface area contributed by atoms with Crippen molar-refractivity contribution in [3.05, 3.63) is 18.0 Å². The summed E-state index contributed by atoms with van der Waals surface area (Å²) >= 11 is 0. The zero-order chi connectivity index (χ0) is 12.3. The quantitative estimate of drug-likeness (QED) is 0.792. The third-order valence-corrected chi connectivity index (χ3v) is 3.53. The molecule has 0 amide bonds. The molecule has 1 aliphatic heterocycles. The van der Waals surface area contributed by atoms with Crippen LogP contribution >= 0.6 is 0 Å². The van der Waals surface area contributed by atoms with Gasteiger partial charge in [-0.1, -0.05) is 6.42 Å². The van der Waals surface area contributed by atoms with Crippen LogP contribution in [0.15, 0.2) is 12.4 Å². The summed E-state index contributed by atoms with van der Waals surface area (Å²) in [7, 11) is 1.93. The molecule has 94 valence electrons. The molecule has 4 heteroatoms. The highest BCUT2D eigenvalue weighted by Gasteiger charge is 2.25. The Labute approximate surface area is 103 Å². The molecule has 1 aromatic rings. The molecule has 4 nitrogen and oxygen atoms in total. The normalized spacial score (nSPS) is 21.6. The van der Waals surface area contributed by atoms with Crippen molar-refractivity contribution in [3.8, 4) is 0 Å². The molecule has 0 radical (unpaired) electrons. The number of nitrogens with zero attached hydrogens (tertiary/aromatic N) is 3. The summed E-state index contributed by atoms with van der Waals surface area (Å²) < 4.78 is 1.83. The lowest BCUT2D eigenvalue weighted by molar-refractivity contribution is -0.123. The number of hydrogen-bond donors (Lipinski definition) is 0. The molecule has 1 unspecified atom stereocenters. The van der Waals surface area contributed by atoms with Crippen molar-refractivity contribution in [1.29, 1.82) is 0 Å². The van der Waals surface area contributed by atoms with Crippen LogP contribution in [0.5, 0.6) is 0 Å². The van der Waals surface area contributed by atoms with Gasteiger partial charge in [0.15, 0.2) is 0 Å². The first-order valence-electron chi connectivity index (χ1n) is 6.39. The van der Waals surface area contributed by atoms with Gasteiger partial charge >= 0.3 is 0 Å². The van der Waals surface area contributed by atoms with Gasteiger partial charge in [0.2, 0.25) is 0 Å². The van der Waals surface area contributed by atoms with E-state index < -0.39 is 0 Å². The van der Waals surface area contributed by atoms with E-state index in [9.17, 15) is 4.79 Å². The van der Waals surface area contributed by atoms with Crippen molar-refractivity contribution in [2.24, 2.45) is 7.05 Å². The average Bonchev–Trinajstić information content (AvgIpc) is 2.73. The van der Waals surface area contributed by atoms with Crippen LogP contribution in [0.1, 0.15) is 31.7 Å². The van der Waals surface area contributed by atoms with Crippen molar-refractivity contribution in [1.82, 2.24) is 14.7 Å². The lowest BCUT2D eigenvalue weighted by atomic mass is 9.98. The third-order valence-electron chi connectivity index (χ3n) is 3.53. The number of aryl methyl sites for hydroxylation is 1. The number of Topliss-reactive ketones (excluding diaryl/α,β-unsaturated/α-hetero) is 1. The maximum absolute atomic E-state index is 11.6. The molecule has 1 atom stereocenters. The molecule has 2 rings (SSSR count). The Hall–Kier alpha value is -1.16. The van der Waals surface area contributed by atoms with Crippen LogP contribution in [0.4, 0.5) is 0 Å². The van der Waals surface area contributed by atoms with Gasteiger partial charge in [0, 0.05) is 19.8 Å². The fourth-order valence-corrected chi connectivity index (χ4v) is 2.59. The lowest BCUT2D eigenvalue weighted by Gasteiger charge is -2.33. The molecule has 1 aromatic heterocycles. The molecule has 0 saturated carbocycles. The average molecular weight is 235 g/mol. The number of carbonyl (C=O) groups excluding carboxylic acids is 1. The number of carbonyl (C=O) groups is 1. The largest absolute Gasteiger partial charge is 0.298 e. The van der Waals surface area contributed by atoms with Gasteiger partial charge in [-0.05, 0) is 38.3 Å². The van der Waals surface area contributed by atoms with Gasteiger partial charge in [0.1, 0.15) is 5.78 Å². The summed E-state index contributed by atoms with van der Waals surface area (Å²) in [6.07, 6.45) is 8.38. The molecule has 1 aliphatic rings. The Bertz CT molecular complexity index is 386. The Morgan fingerprint density at radius 3 is 3.00 bits per heavy atom. The van der Waals surface area contributed by atoms with Crippen LogP contribution in [0.2, 0.25) is 0 Å². The van der Waals surface area contributed by atoms with E-state index in [4.69, 9.17) is 0 Å². The number of ketones is 1. The standard InChI is InChI=1S/C13H21N3O/c1-11(17)13-5-3-4-7-16(13)8-6-12-9-14-15(2)10-12/h9-10,13H,3-8H2,1-2H3. The fourth-order valence-electron chi connectivity index (χ4n) is 2.59. The zero-order valence-electron chi connectivity index (χ0n) is 10.7. The van der Waals surface area contributed by atoms with Crippen LogP contribution in [0.3, 0.4) is 0 Å². The minimum Gasteiger partial charge on any atom is -0.298 e. The number of likely N-dealkylation sites (tertiary alicyclic amines) is 1. The van der Waals surface area contributed by atoms with Gasteiger partial charge in [-0.15, -0.1) is 0 Å². The second-order valence-electron chi connectivity index (χ2n) is 4.93. The van der Waals surface area contributed by atoms with Crippen LogP contribution in [0.25, 0.3) is 0 Å². The van der Waals surface area contributed by atoms with E-state index in [1.165, 1.54) is 18.4 Å². The van der Waals surface area contributed by atoms with Crippen LogP contribution in [-0.2, 0) is 18.3 Å². The zero-order valence-corrected chi connectivity index (χ0v) is 10.7. The lowest BCUT2D eigenvalue weighted by Crippen LogP contribution is -2.44. The highest BCUT2D eigenvalue weighted by atomic mass is 16.1. The first-order chi connectivity index (χ1) is 8.16. The van der Waals surface area contributed by atoms with E-state index >= 15 is 0 Å². The van der Waals surface area contributed by atoms with Gasteiger partial charge in [-0.2, -0.15) is 5.10 Å². The van der Waals surface area contributed by atoms with Gasteiger partial charge in [-0.3, -0.25) is 14.4 Å². The molecule has 0 aromatic carbocycles. The number of aromatic nitrogens is 2. The molecule has 17 heavy (non-hydrogen) atoms. The van der Waals surface area contributed by atoms with Crippen molar-refractivity contribution in [2.45, 2.75) is 38.6 Å². The van der Waals surface area contributed by atoms with Gasteiger partial charge in [0.25, 0.3) is 0 Å². The summed E-state index contributed by atoms with van der Waals surface area (Å²) in [5.41, 5.74) is 1.25. The second kappa shape index (κ2) is 5.45. The molecule has 0 bridgehead atoms.